The highest BCUT2D eigenvalue weighted by molar-refractivity contribution is 6.61. The molecule has 0 amide bonds. The molecule has 0 N–H and O–H groups in total. The summed E-state index contributed by atoms with van der Waals surface area (Å²) in [6, 6.07) is 7.00. The predicted molar refractivity (Wildman–Crippen MR) is 88.5 cm³/mol. The number of alkyl halides is 3. The van der Waals surface area contributed by atoms with Gasteiger partial charge in [0.15, 0.2) is 0 Å². The molecule has 4 nitrogen and oxygen atoms in total. The van der Waals surface area contributed by atoms with E-state index in [1.807, 2.05) is 27.7 Å². The maximum absolute atomic E-state index is 12.8. The van der Waals surface area contributed by atoms with Gasteiger partial charge in [0, 0.05) is 6.20 Å². The van der Waals surface area contributed by atoms with Gasteiger partial charge >= 0.3 is 13.3 Å². The third kappa shape index (κ3) is 3.60. The Labute approximate surface area is 145 Å². The number of rotatable bonds is 3. The van der Waals surface area contributed by atoms with E-state index in [1.165, 1.54) is 6.07 Å². The molecule has 0 bridgehead atoms. The summed E-state index contributed by atoms with van der Waals surface area (Å²) in [5.41, 5.74) is -0.474. The molecule has 1 fully saturated rings. The zero-order valence-corrected chi connectivity index (χ0v) is 14.6. The third-order valence-corrected chi connectivity index (χ3v) is 4.75. The first-order valence-electron chi connectivity index (χ1n) is 8.03. The van der Waals surface area contributed by atoms with Gasteiger partial charge in [0.05, 0.1) is 28.9 Å². The summed E-state index contributed by atoms with van der Waals surface area (Å²) in [4.78, 5) is 0. The quantitative estimate of drug-likeness (QED) is 0.796. The minimum absolute atomic E-state index is 0.240. The van der Waals surface area contributed by atoms with Crippen molar-refractivity contribution in [3.63, 3.8) is 0 Å². The molecule has 1 aromatic carbocycles. The van der Waals surface area contributed by atoms with E-state index in [0.717, 1.165) is 12.1 Å². The molecule has 3 rings (SSSR count). The minimum Gasteiger partial charge on any atom is -0.398 e. The normalized spacial score (nSPS) is 19.4. The van der Waals surface area contributed by atoms with E-state index in [4.69, 9.17) is 9.31 Å². The molecule has 1 aromatic heterocycles. The standard InChI is InChI=1S/C17H20BF3N2O2/c1-15(2)16(3,4)25-18(24-15)14-8-9-23(22-14)11-12-6-5-7-13(10-12)17(19,20)21/h5-10H,11H2,1-4H3. The van der Waals surface area contributed by atoms with Crippen molar-refractivity contribution in [1.29, 1.82) is 0 Å². The fraction of sp³-hybridized carbons (Fsp3) is 0.471. The van der Waals surface area contributed by atoms with Crippen LogP contribution in [0.2, 0.25) is 0 Å². The fourth-order valence-electron chi connectivity index (χ4n) is 2.59. The van der Waals surface area contributed by atoms with Crippen LogP contribution in [0, 0.1) is 0 Å². The molecule has 1 aliphatic rings. The van der Waals surface area contributed by atoms with Gasteiger partial charge in [-0.25, -0.2) is 0 Å². The van der Waals surface area contributed by atoms with E-state index in [-0.39, 0.29) is 6.54 Å². The summed E-state index contributed by atoms with van der Waals surface area (Å²) in [7, 11) is -0.590. The van der Waals surface area contributed by atoms with Gasteiger partial charge in [-0.05, 0) is 51.5 Å². The Morgan fingerprint density at radius 3 is 2.32 bits per heavy atom. The average molecular weight is 352 g/mol. The number of benzene rings is 1. The molecule has 0 radical (unpaired) electrons. The lowest BCUT2D eigenvalue weighted by molar-refractivity contribution is -0.137. The predicted octanol–water partition coefficient (Wildman–Crippen LogP) is 3.25. The molecular formula is C17H20BF3N2O2. The van der Waals surface area contributed by atoms with Crippen molar-refractivity contribution in [2.45, 2.75) is 51.6 Å². The Morgan fingerprint density at radius 1 is 1.08 bits per heavy atom. The summed E-state index contributed by atoms with van der Waals surface area (Å²) < 4.78 is 51.9. The van der Waals surface area contributed by atoms with Gasteiger partial charge in [0.2, 0.25) is 0 Å². The Bertz CT molecular complexity index is 755. The van der Waals surface area contributed by atoms with Crippen LogP contribution < -0.4 is 5.59 Å². The summed E-state index contributed by atoms with van der Waals surface area (Å²) in [6.07, 6.45) is -2.64. The number of nitrogens with zero attached hydrogens (tertiary/aromatic N) is 2. The lowest BCUT2D eigenvalue weighted by atomic mass is 9.85. The second kappa shape index (κ2) is 5.88. The molecule has 2 heterocycles. The van der Waals surface area contributed by atoms with E-state index in [0.29, 0.717) is 11.2 Å². The monoisotopic (exact) mass is 352 g/mol. The van der Waals surface area contributed by atoms with Crippen LogP contribution in [0.3, 0.4) is 0 Å². The molecule has 0 saturated carbocycles. The number of hydrogen-bond acceptors (Lipinski definition) is 3. The first-order valence-corrected chi connectivity index (χ1v) is 8.03. The van der Waals surface area contributed by atoms with E-state index < -0.39 is 30.1 Å². The smallest absolute Gasteiger partial charge is 0.398 e. The van der Waals surface area contributed by atoms with E-state index >= 15 is 0 Å². The van der Waals surface area contributed by atoms with Crippen LogP contribution >= 0.6 is 0 Å². The molecule has 134 valence electrons. The van der Waals surface area contributed by atoms with Crippen LogP contribution in [0.1, 0.15) is 38.8 Å². The maximum atomic E-state index is 12.8. The van der Waals surface area contributed by atoms with Crippen molar-refractivity contribution in [3.05, 3.63) is 47.7 Å². The SMILES string of the molecule is CC1(C)OB(c2ccn(Cc3cccc(C(F)(F)F)c3)n2)OC1(C)C. The highest BCUT2D eigenvalue weighted by Crippen LogP contribution is 2.36. The second-order valence-corrected chi connectivity index (χ2v) is 7.22. The number of aromatic nitrogens is 2. The van der Waals surface area contributed by atoms with Gasteiger partial charge in [-0.15, -0.1) is 0 Å². The van der Waals surface area contributed by atoms with Crippen molar-refractivity contribution < 1.29 is 22.5 Å². The molecular weight excluding hydrogens is 332 g/mol. The van der Waals surface area contributed by atoms with Crippen molar-refractivity contribution in [2.75, 3.05) is 0 Å². The lowest BCUT2D eigenvalue weighted by Gasteiger charge is -2.32. The molecule has 0 unspecified atom stereocenters. The van der Waals surface area contributed by atoms with Gasteiger partial charge in [0.1, 0.15) is 0 Å². The molecule has 0 spiro atoms. The first-order chi connectivity index (χ1) is 11.5. The highest BCUT2D eigenvalue weighted by atomic mass is 19.4. The minimum atomic E-state index is -4.35. The van der Waals surface area contributed by atoms with Crippen LogP contribution in [-0.2, 0) is 22.0 Å². The van der Waals surface area contributed by atoms with Crippen LogP contribution in [0.25, 0.3) is 0 Å². The van der Waals surface area contributed by atoms with Crippen LogP contribution in [0.5, 0.6) is 0 Å². The van der Waals surface area contributed by atoms with Crippen molar-refractivity contribution >= 4 is 12.7 Å². The average Bonchev–Trinajstić information content (AvgIpc) is 3.01. The molecule has 1 saturated heterocycles. The summed E-state index contributed by atoms with van der Waals surface area (Å²) in [5, 5.41) is 4.40. The summed E-state index contributed by atoms with van der Waals surface area (Å²) in [6.45, 7) is 8.04. The Kier molecular flexibility index (Phi) is 4.24. The summed E-state index contributed by atoms with van der Waals surface area (Å²) in [5.74, 6) is 0. The second-order valence-electron chi connectivity index (χ2n) is 7.22. The lowest BCUT2D eigenvalue weighted by Crippen LogP contribution is -2.41. The molecule has 8 heteroatoms. The van der Waals surface area contributed by atoms with Crippen LogP contribution in [-0.4, -0.2) is 28.1 Å². The van der Waals surface area contributed by atoms with Gasteiger partial charge in [-0.1, -0.05) is 12.1 Å². The molecule has 2 aromatic rings. The van der Waals surface area contributed by atoms with E-state index in [9.17, 15) is 13.2 Å². The molecule has 1 aliphatic heterocycles. The topological polar surface area (TPSA) is 36.3 Å². The summed E-state index contributed by atoms with van der Waals surface area (Å²) >= 11 is 0. The maximum Gasteiger partial charge on any atom is 0.516 e. The molecule has 0 atom stereocenters. The van der Waals surface area contributed by atoms with Gasteiger partial charge in [0.25, 0.3) is 0 Å². The Hall–Kier alpha value is -1.80. The zero-order chi connectivity index (χ0) is 18.5. The number of hydrogen-bond donors (Lipinski definition) is 0. The molecule has 0 aliphatic carbocycles. The van der Waals surface area contributed by atoms with Crippen molar-refractivity contribution in [1.82, 2.24) is 9.78 Å². The number of halogens is 3. The molecule has 25 heavy (non-hydrogen) atoms. The van der Waals surface area contributed by atoms with Crippen molar-refractivity contribution in [3.8, 4) is 0 Å². The fourth-order valence-corrected chi connectivity index (χ4v) is 2.59. The van der Waals surface area contributed by atoms with Gasteiger partial charge < -0.3 is 9.31 Å². The first kappa shape index (κ1) is 18.0. The van der Waals surface area contributed by atoms with E-state index in [1.54, 1.807) is 23.0 Å². The third-order valence-electron chi connectivity index (χ3n) is 4.75. The van der Waals surface area contributed by atoms with E-state index in [2.05, 4.69) is 5.10 Å². The van der Waals surface area contributed by atoms with Gasteiger partial charge in [-0.3, -0.25) is 4.68 Å². The Morgan fingerprint density at radius 2 is 1.72 bits per heavy atom. The zero-order valence-electron chi connectivity index (χ0n) is 14.6. The largest absolute Gasteiger partial charge is 0.516 e. The highest BCUT2D eigenvalue weighted by Gasteiger charge is 2.52. The Balaban J connectivity index is 1.75. The van der Waals surface area contributed by atoms with Gasteiger partial charge in [-0.2, -0.15) is 18.3 Å². The van der Waals surface area contributed by atoms with Crippen LogP contribution in [0.15, 0.2) is 36.5 Å². The van der Waals surface area contributed by atoms with Crippen LogP contribution in [0.4, 0.5) is 13.2 Å². The van der Waals surface area contributed by atoms with Crippen molar-refractivity contribution in [2.24, 2.45) is 0 Å².